The van der Waals surface area contributed by atoms with E-state index in [0.717, 1.165) is 11.4 Å². The second-order valence-electron chi connectivity index (χ2n) is 8.39. The van der Waals surface area contributed by atoms with E-state index >= 15 is 0 Å². The number of anilines is 1. The first-order chi connectivity index (χ1) is 18.1. The van der Waals surface area contributed by atoms with E-state index in [1.54, 1.807) is 43.5 Å². The van der Waals surface area contributed by atoms with Gasteiger partial charge in [0.15, 0.2) is 0 Å². The van der Waals surface area contributed by atoms with Crippen molar-refractivity contribution in [3.05, 3.63) is 99.2 Å². The van der Waals surface area contributed by atoms with E-state index < -0.39 is 27.6 Å². The van der Waals surface area contributed by atoms with E-state index in [9.17, 15) is 23.1 Å². The number of sulfonamides is 1. The van der Waals surface area contributed by atoms with Gasteiger partial charge >= 0.3 is 5.97 Å². The van der Waals surface area contributed by atoms with Crippen LogP contribution in [0.25, 0.3) is 17.0 Å². The number of aryl methyl sites for hydroxylation is 1. The van der Waals surface area contributed by atoms with E-state index in [0.29, 0.717) is 23.0 Å². The number of carboxylic acid groups (broad SMARTS) is 1. The number of benzene rings is 2. The predicted octanol–water partition coefficient (Wildman–Crippen LogP) is 3.38. The third kappa shape index (κ3) is 6.43. The highest BCUT2D eigenvalue weighted by molar-refractivity contribution is 7.89. The number of halogens is 1. The van der Waals surface area contributed by atoms with Gasteiger partial charge in [-0.15, -0.1) is 0 Å². The third-order valence-corrected chi connectivity index (χ3v) is 7.68. The summed E-state index contributed by atoms with van der Waals surface area (Å²) in [6, 6.07) is 13.6. The lowest BCUT2D eigenvalue weighted by Crippen LogP contribution is -2.43. The fraction of sp³-hybridized carbons (Fsp3) is 0.154. The maximum absolute atomic E-state index is 12.9. The number of hydrogen-bond acceptors (Lipinski definition) is 7. The Morgan fingerprint density at radius 3 is 2.71 bits per heavy atom. The molecular formula is C26H24ClN5O5S. The van der Waals surface area contributed by atoms with Crippen LogP contribution in [-0.2, 0) is 21.2 Å². The first-order valence-electron chi connectivity index (χ1n) is 11.5. The van der Waals surface area contributed by atoms with E-state index in [4.69, 9.17) is 11.6 Å². The van der Waals surface area contributed by atoms with Crippen molar-refractivity contribution >= 4 is 50.4 Å². The quantitative estimate of drug-likeness (QED) is 0.233. The number of rotatable bonds is 10. The molecule has 0 amide bonds. The minimum absolute atomic E-state index is 0.0244. The van der Waals surface area contributed by atoms with E-state index in [1.165, 1.54) is 6.07 Å². The number of hydrogen-bond donors (Lipinski definition) is 4. The molecule has 12 heteroatoms. The van der Waals surface area contributed by atoms with Crippen LogP contribution in [-0.4, -0.2) is 47.0 Å². The zero-order valence-electron chi connectivity index (χ0n) is 20.2. The van der Waals surface area contributed by atoms with Gasteiger partial charge in [-0.1, -0.05) is 48.0 Å². The minimum Gasteiger partial charge on any atom is -0.480 e. The van der Waals surface area contributed by atoms with E-state index in [1.807, 2.05) is 30.4 Å². The number of H-pyrrole nitrogens is 1. The molecule has 38 heavy (non-hydrogen) atoms. The highest BCUT2D eigenvalue weighted by atomic mass is 35.5. The first-order valence-corrected chi connectivity index (χ1v) is 13.3. The minimum atomic E-state index is -4.27. The molecule has 4 rings (SSSR count). The summed E-state index contributed by atoms with van der Waals surface area (Å²) in [5, 5.41) is 13.1. The van der Waals surface area contributed by atoms with Gasteiger partial charge in [-0.25, -0.2) is 18.4 Å². The maximum Gasteiger partial charge on any atom is 0.322 e. The van der Waals surface area contributed by atoms with Gasteiger partial charge in [0.2, 0.25) is 10.0 Å². The number of pyridine rings is 1. The molecule has 10 nitrogen and oxygen atoms in total. The molecule has 0 spiro atoms. The Morgan fingerprint density at radius 2 is 2.00 bits per heavy atom. The Kier molecular flexibility index (Phi) is 8.20. The van der Waals surface area contributed by atoms with Gasteiger partial charge in [0.25, 0.3) is 5.56 Å². The summed E-state index contributed by atoms with van der Waals surface area (Å²) in [5.41, 5.74) is 1.01. The van der Waals surface area contributed by atoms with Crippen LogP contribution in [0.4, 0.5) is 5.82 Å². The Balaban J connectivity index is 1.51. The largest absolute Gasteiger partial charge is 0.480 e. The molecule has 4 N–H and O–H groups in total. The van der Waals surface area contributed by atoms with Crippen molar-refractivity contribution in [3.63, 3.8) is 0 Å². The standard InChI is InChI=1S/C26H24ClN5O5S/c1-16-6-4-8-19(27)24(16)38(36,37)32-21(26(34)35)15-23-30-20-11-10-17(14-18(20)25(33)31-23)7-5-13-29-22-9-2-3-12-28-22/h2-12,14,21,32H,13,15H2,1H3,(H,28,29)(H,34,35)(H,30,31,33)/t21-/m0/s1. The maximum atomic E-state index is 12.9. The van der Waals surface area contributed by atoms with Crippen molar-refractivity contribution < 1.29 is 18.3 Å². The molecule has 2 heterocycles. The SMILES string of the molecule is Cc1cccc(Cl)c1S(=O)(=O)N[C@@H](Cc1nc2ccc(C=CCNc3ccccn3)cc2c(=O)[nH]1)C(=O)O. The summed E-state index contributed by atoms with van der Waals surface area (Å²) >= 11 is 6.07. The Labute approximate surface area is 223 Å². The second kappa shape index (κ2) is 11.5. The third-order valence-electron chi connectivity index (χ3n) is 5.58. The van der Waals surface area contributed by atoms with Gasteiger partial charge < -0.3 is 15.4 Å². The molecule has 4 aromatic rings. The molecule has 2 aromatic heterocycles. The monoisotopic (exact) mass is 553 g/mol. The van der Waals surface area contributed by atoms with Gasteiger partial charge in [-0.2, -0.15) is 4.72 Å². The molecule has 0 aliphatic rings. The number of aromatic nitrogens is 3. The molecule has 0 saturated carbocycles. The number of fused-ring (bicyclic) bond motifs is 1. The lowest BCUT2D eigenvalue weighted by atomic mass is 10.1. The molecule has 0 bridgehead atoms. The van der Waals surface area contributed by atoms with Crippen LogP contribution in [0.5, 0.6) is 0 Å². The van der Waals surface area contributed by atoms with Crippen molar-refractivity contribution in [3.8, 4) is 0 Å². The molecule has 0 aliphatic heterocycles. The van der Waals surface area contributed by atoms with Crippen LogP contribution in [0.1, 0.15) is 17.0 Å². The lowest BCUT2D eigenvalue weighted by molar-refractivity contribution is -0.139. The zero-order chi connectivity index (χ0) is 27.3. The molecular weight excluding hydrogens is 530 g/mol. The van der Waals surface area contributed by atoms with Crippen LogP contribution >= 0.6 is 11.6 Å². The average Bonchev–Trinajstić information content (AvgIpc) is 2.87. The summed E-state index contributed by atoms with van der Waals surface area (Å²) in [5.74, 6) is -0.662. The summed E-state index contributed by atoms with van der Waals surface area (Å²) in [7, 11) is -4.27. The summed E-state index contributed by atoms with van der Waals surface area (Å²) in [6.07, 6.45) is 5.03. The molecule has 0 fully saturated rings. The number of carbonyl (C=O) groups is 1. The summed E-state index contributed by atoms with van der Waals surface area (Å²) in [4.78, 5) is 35.6. The zero-order valence-corrected chi connectivity index (χ0v) is 21.8. The predicted molar refractivity (Wildman–Crippen MR) is 146 cm³/mol. The molecule has 0 saturated heterocycles. The van der Waals surface area contributed by atoms with Gasteiger partial charge in [0.1, 0.15) is 22.6 Å². The Hall–Kier alpha value is -4.06. The molecule has 2 aromatic carbocycles. The van der Waals surface area contributed by atoms with Crippen molar-refractivity contribution in [2.24, 2.45) is 0 Å². The van der Waals surface area contributed by atoms with Crippen molar-refractivity contribution in [1.82, 2.24) is 19.7 Å². The first kappa shape index (κ1) is 27.0. The van der Waals surface area contributed by atoms with Gasteiger partial charge in [-0.05, 0) is 48.4 Å². The summed E-state index contributed by atoms with van der Waals surface area (Å²) < 4.78 is 28.0. The van der Waals surface area contributed by atoms with Crippen LogP contribution in [0, 0.1) is 6.92 Å². The van der Waals surface area contributed by atoms with Crippen molar-refractivity contribution in [2.75, 3.05) is 11.9 Å². The second-order valence-corrected chi connectivity index (χ2v) is 10.4. The summed E-state index contributed by atoms with van der Waals surface area (Å²) in [6.45, 7) is 2.09. The molecule has 0 radical (unpaired) electrons. The number of nitrogens with zero attached hydrogens (tertiary/aromatic N) is 2. The number of carboxylic acids is 1. The van der Waals surface area contributed by atoms with Crippen molar-refractivity contribution in [1.29, 1.82) is 0 Å². The van der Waals surface area contributed by atoms with Crippen LogP contribution in [0.3, 0.4) is 0 Å². The fourth-order valence-electron chi connectivity index (χ4n) is 3.81. The number of nitrogens with one attached hydrogen (secondary N) is 3. The topological polar surface area (TPSA) is 154 Å². The van der Waals surface area contributed by atoms with Crippen molar-refractivity contribution in [2.45, 2.75) is 24.3 Å². The van der Waals surface area contributed by atoms with Crippen LogP contribution in [0.15, 0.2) is 76.6 Å². The van der Waals surface area contributed by atoms with Gasteiger partial charge in [-0.3, -0.25) is 9.59 Å². The lowest BCUT2D eigenvalue weighted by Gasteiger charge is -2.16. The number of aliphatic carboxylic acids is 1. The highest BCUT2D eigenvalue weighted by Crippen LogP contribution is 2.25. The molecule has 0 aliphatic carbocycles. The highest BCUT2D eigenvalue weighted by Gasteiger charge is 2.29. The van der Waals surface area contributed by atoms with Gasteiger partial charge in [0, 0.05) is 19.2 Å². The Morgan fingerprint density at radius 1 is 1.18 bits per heavy atom. The van der Waals surface area contributed by atoms with Crippen LogP contribution < -0.4 is 15.6 Å². The Bertz CT molecular complexity index is 1650. The fourth-order valence-corrected chi connectivity index (χ4v) is 5.83. The molecule has 196 valence electrons. The van der Waals surface area contributed by atoms with Crippen LogP contribution in [0.2, 0.25) is 5.02 Å². The smallest absolute Gasteiger partial charge is 0.322 e. The molecule has 0 unspecified atom stereocenters. The normalized spacial score (nSPS) is 12.6. The van der Waals surface area contributed by atoms with E-state index in [2.05, 4.69) is 25.0 Å². The van der Waals surface area contributed by atoms with E-state index in [-0.39, 0.29) is 22.2 Å². The average molecular weight is 554 g/mol. The number of aromatic amines is 1. The van der Waals surface area contributed by atoms with Gasteiger partial charge in [0.05, 0.1) is 15.9 Å². The molecule has 1 atom stereocenters.